The van der Waals surface area contributed by atoms with Gasteiger partial charge in [-0.2, -0.15) is 0 Å². The molecule has 0 aromatic carbocycles. The predicted octanol–water partition coefficient (Wildman–Crippen LogP) is 2.81. The molecule has 5 heteroatoms. The van der Waals surface area contributed by atoms with Crippen LogP contribution in [0.5, 0.6) is 5.75 Å². The normalized spacial score (nSPS) is 17.5. The third-order valence-corrected chi connectivity index (χ3v) is 2.90. The van der Waals surface area contributed by atoms with Gasteiger partial charge in [0.15, 0.2) is 11.5 Å². The third-order valence-electron chi connectivity index (χ3n) is 2.90. The van der Waals surface area contributed by atoms with Gasteiger partial charge in [0.2, 0.25) is 5.76 Å². The summed E-state index contributed by atoms with van der Waals surface area (Å²) < 4.78 is 15.9. The molecule has 1 aliphatic carbocycles. The molecule has 0 unspecified atom stereocenters. The monoisotopic (exact) mass is 272 g/mol. The zero-order valence-electron chi connectivity index (χ0n) is 10.5. The van der Waals surface area contributed by atoms with Crippen molar-refractivity contribution in [3.63, 3.8) is 0 Å². The smallest absolute Gasteiger partial charge is 0.340 e. The molecule has 1 N–H and O–H groups in total. The largest absolute Gasteiger partial charge is 0.508 e. The number of rotatable bonds is 2. The SMILES string of the molecule is O=c1cc(O)cc(C2=COC=C(C3=CC=CCC3)O2)o1. The summed E-state index contributed by atoms with van der Waals surface area (Å²) >= 11 is 0. The van der Waals surface area contributed by atoms with E-state index in [0.29, 0.717) is 5.76 Å². The van der Waals surface area contributed by atoms with Crippen LogP contribution in [0, 0.1) is 0 Å². The Labute approximate surface area is 114 Å². The maximum absolute atomic E-state index is 11.3. The van der Waals surface area contributed by atoms with Crippen LogP contribution in [0.2, 0.25) is 0 Å². The zero-order valence-corrected chi connectivity index (χ0v) is 10.5. The molecule has 2 aliphatic rings. The molecule has 5 nitrogen and oxygen atoms in total. The van der Waals surface area contributed by atoms with Crippen molar-refractivity contribution in [2.45, 2.75) is 12.8 Å². The summed E-state index contributed by atoms with van der Waals surface area (Å²) in [5.74, 6) is 0.744. The summed E-state index contributed by atoms with van der Waals surface area (Å²) in [6.07, 6.45) is 10.6. The first kappa shape index (κ1) is 12.3. The number of allylic oxidation sites excluding steroid dienone is 4. The highest BCUT2D eigenvalue weighted by Crippen LogP contribution is 2.30. The molecule has 0 spiro atoms. The fourth-order valence-electron chi connectivity index (χ4n) is 1.97. The molecule has 1 aromatic heterocycles. The van der Waals surface area contributed by atoms with Gasteiger partial charge >= 0.3 is 5.63 Å². The number of aromatic hydroxyl groups is 1. The summed E-state index contributed by atoms with van der Waals surface area (Å²) in [5, 5.41) is 9.42. The van der Waals surface area contributed by atoms with Crippen molar-refractivity contribution >= 4 is 5.76 Å². The van der Waals surface area contributed by atoms with Gasteiger partial charge in [-0.3, -0.25) is 0 Å². The van der Waals surface area contributed by atoms with Gasteiger partial charge in [0, 0.05) is 6.07 Å². The summed E-state index contributed by atoms with van der Waals surface area (Å²) in [7, 11) is 0. The van der Waals surface area contributed by atoms with Gasteiger partial charge in [0.25, 0.3) is 0 Å². The number of hydrogen-bond donors (Lipinski definition) is 1. The molecule has 3 rings (SSSR count). The van der Waals surface area contributed by atoms with Crippen LogP contribution in [0.25, 0.3) is 5.76 Å². The molecule has 2 heterocycles. The minimum absolute atomic E-state index is 0.118. The number of hydrogen-bond acceptors (Lipinski definition) is 5. The second-order valence-electron chi connectivity index (χ2n) is 4.36. The Morgan fingerprint density at radius 1 is 1.15 bits per heavy atom. The predicted molar refractivity (Wildman–Crippen MR) is 71.3 cm³/mol. The molecule has 0 atom stereocenters. The lowest BCUT2D eigenvalue weighted by Gasteiger charge is -2.18. The Hall–Kier alpha value is -2.69. The maximum atomic E-state index is 11.3. The lowest BCUT2D eigenvalue weighted by molar-refractivity contribution is 0.274. The second kappa shape index (κ2) is 5.13. The molecule has 0 bridgehead atoms. The van der Waals surface area contributed by atoms with E-state index in [1.54, 1.807) is 0 Å². The van der Waals surface area contributed by atoms with Crippen LogP contribution in [0.1, 0.15) is 18.6 Å². The van der Waals surface area contributed by atoms with E-state index in [1.807, 2.05) is 12.2 Å². The molecule has 0 saturated heterocycles. The third kappa shape index (κ3) is 2.51. The van der Waals surface area contributed by atoms with Crippen molar-refractivity contribution in [3.05, 3.63) is 70.4 Å². The fourth-order valence-corrected chi connectivity index (χ4v) is 1.97. The molecular weight excluding hydrogens is 260 g/mol. The van der Waals surface area contributed by atoms with Gasteiger partial charge in [-0.25, -0.2) is 4.79 Å². The lowest BCUT2D eigenvalue weighted by Crippen LogP contribution is -2.05. The first-order valence-corrected chi connectivity index (χ1v) is 6.16. The molecule has 0 saturated carbocycles. The van der Waals surface area contributed by atoms with Gasteiger partial charge in [0.05, 0.1) is 6.07 Å². The number of ether oxygens (including phenoxy) is 2. The van der Waals surface area contributed by atoms with Crippen molar-refractivity contribution in [3.8, 4) is 5.75 Å². The van der Waals surface area contributed by atoms with Gasteiger partial charge < -0.3 is 19.0 Å². The minimum atomic E-state index is -0.652. The first-order valence-electron chi connectivity index (χ1n) is 6.16. The summed E-state index contributed by atoms with van der Waals surface area (Å²) in [6.45, 7) is 0. The Bertz CT molecular complexity index is 703. The van der Waals surface area contributed by atoms with E-state index in [4.69, 9.17) is 13.9 Å². The average Bonchev–Trinajstić information content (AvgIpc) is 2.47. The van der Waals surface area contributed by atoms with Crippen molar-refractivity contribution in [2.24, 2.45) is 0 Å². The molecule has 0 amide bonds. The quantitative estimate of drug-likeness (QED) is 0.896. The summed E-state index contributed by atoms with van der Waals surface area (Å²) in [5.41, 5.74) is 0.348. The fraction of sp³-hybridized carbons (Fsp3) is 0.133. The Balaban J connectivity index is 1.86. The van der Waals surface area contributed by atoms with Crippen LogP contribution in [-0.4, -0.2) is 5.11 Å². The Kier molecular flexibility index (Phi) is 3.16. The van der Waals surface area contributed by atoms with E-state index in [-0.39, 0.29) is 17.3 Å². The first-order chi connectivity index (χ1) is 9.72. The van der Waals surface area contributed by atoms with Crippen LogP contribution in [0.15, 0.2) is 63.4 Å². The highest BCUT2D eigenvalue weighted by Gasteiger charge is 2.18. The van der Waals surface area contributed by atoms with Crippen molar-refractivity contribution in [1.29, 1.82) is 0 Å². The van der Waals surface area contributed by atoms with Crippen LogP contribution < -0.4 is 5.63 Å². The van der Waals surface area contributed by atoms with Crippen LogP contribution in [-0.2, 0) is 9.47 Å². The molecule has 1 aromatic rings. The van der Waals surface area contributed by atoms with Gasteiger partial charge in [-0.05, 0) is 18.4 Å². The second-order valence-corrected chi connectivity index (χ2v) is 4.36. The molecule has 1 aliphatic heterocycles. The van der Waals surface area contributed by atoms with Crippen molar-refractivity contribution in [1.82, 2.24) is 0 Å². The van der Waals surface area contributed by atoms with E-state index in [2.05, 4.69) is 6.08 Å². The van der Waals surface area contributed by atoms with Crippen molar-refractivity contribution < 1.29 is 19.0 Å². The lowest BCUT2D eigenvalue weighted by atomic mass is 10.0. The molecule has 0 radical (unpaired) electrons. The molecule has 102 valence electrons. The van der Waals surface area contributed by atoms with Crippen LogP contribution >= 0.6 is 0 Å². The van der Waals surface area contributed by atoms with E-state index in [1.165, 1.54) is 18.6 Å². The highest BCUT2D eigenvalue weighted by molar-refractivity contribution is 5.57. The standard InChI is InChI=1S/C15H12O5/c16-11-6-12(20-15(17)7-11)14-9-18-8-13(19-14)10-4-2-1-3-5-10/h1-2,4,6-9,16H,3,5H2. The van der Waals surface area contributed by atoms with Gasteiger partial charge in [0.1, 0.15) is 18.3 Å². The Morgan fingerprint density at radius 3 is 2.75 bits per heavy atom. The topological polar surface area (TPSA) is 68.9 Å². The maximum Gasteiger partial charge on any atom is 0.340 e. The minimum Gasteiger partial charge on any atom is -0.508 e. The summed E-state index contributed by atoms with van der Waals surface area (Å²) in [6, 6.07) is 2.29. The van der Waals surface area contributed by atoms with Gasteiger partial charge in [-0.1, -0.05) is 18.2 Å². The van der Waals surface area contributed by atoms with E-state index < -0.39 is 5.63 Å². The van der Waals surface area contributed by atoms with E-state index in [9.17, 15) is 9.90 Å². The average molecular weight is 272 g/mol. The molecular formula is C15H12O5. The summed E-state index contributed by atoms with van der Waals surface area (Å²) in [4.78, 5) is 11.3. The van der Waals surface area contributed by atoms with E-state index in [0.717, 1.165) is 24.5 Å². The molecule has 0 fully saturated rings. The van der Waals surface area contributed by atoms with E-state index >= 15 is 0 Å². The van der Waals surface area contributed by atoms with Crippen molar-refractivity contribution in [2.75, 3.05) is 0 Å². The van der Waals surface area contributed by atoms with Crippen LogP contribution in [0.4, 0.5) is 0 Å². The zero-order chi connectivity index (χ0) is 13.9. The highest BCUT2D eigenvalue weighted by atomic mass is 16.6. The van der Waals surface area contributed by atoms with Gasteiger partial charge in [-0.15, -0.1) is 0 Å². The molecule has 20 heavy (non-hydrogen) atoms. The Morgan fingerprint density at radius 2 is 2.00 bits per heavy atom. The van der Waals surface area contributed by atoms with Crippen LogP contribution in [0.3, 0.4) is 0 Å².